The molecule has 0 aromatic carbocycles. The van der Waals surface area contributed by atoms with E-state index in [-0.39, 0.29) is 12.5 Å². The Morgan fingerprint density at radius 3 is 2.29 bits per heavy atom. The first-order valence-electron chi connectivity index (χ1n) is 5.24. The molecule has 1 amide bonds. The number of carbonyl (C=O) groups excluding carboxylic acids is 1. The van der Waals surface area contributed by atoms with Gasteiger partial charge in [-0.2, -0.15) is 0 Å². The maximum atomic E-state index is 11.2. The van der Waals surface area contributed by atoms with Gasteiger partial charge in [-0.25, -0.2) is 0 Å². The highest BCUT2D eigenvalue weighted by molar-refractivity contribution is 5.77. The Morgan fingerprint density at radius 1 is 1.29 bits per heavy atom. The fourth-order valence-electron chi connectivity index (χ4n) is 1.80. The lowest BCUT2D eigenvalue weighted by Gasteiger charge is -2.35. The van der Waals surface area contributed by atoms with Crippen molar-refractivity contribution in [3.05, 3.63) is 0 Å². The first-order valence-corrected chi connectivity index (χ1v) is 5.24. The highest BCUT2D eigenvalue weighted by atomic mass is 16.3. The van der Waals surface area contributed by atoms with Crippen LogP contribution >= 0.6 is 0 Å². The smallest absolute Gasteiger partial charge is 0.248 e. The van der Waals surface area contributed by atoms with Gasteiger partial charge in [0, 0.05) is 32.7 Å². The molecule has 1 rings (SSSR count). The Balaban J connectivity index is 2.27. The summed E-state index contributed by atoms with van der Waals surface area (Å²) in [6.45, 7) is 8.52. The third-order valence-electron chi connectivity index (χ3n) is 2.48. The van der Waals surface area contributed by atoms with Gasteiger partial charge < -0.3 is 10.0 Å². The standard InChI is InChI=1S/C10H20N2O2/c1-9(2)7-11-3-5-12(6-4-11)10(14)8-13/h9,13H,3-8H2,1-2H3. The highest BCUT2D eigenvalue weighted by Crippen LogP contribution is 2.05. The van der Waals surface area contributed by atoms with E-state index in [2.05, 4.69) is 18.7 Å². The van der Waals surface area contributed by atoms with E-state index >= 15 is 0 Å². The fourth-order valence-corrected chi connectivity index (χ4v) is 1.80. The molecule has 1 aliphatic heterocycles. The van der Waals surface area contributed by atoms with E-state index in [4.69, 9.17) is 5.11 Å². The van der Waals surface area contributed by atoms with Crippen LogP contribution in [-0.2, 0) is 4.79 Å². The van der Waals surface area contributed by atoms with Gasteiger partial charge in [0.2, 0.25) is 5.91 Å². The molecule has 1 heterocycles. The molecule has 0 aromatic heterocycles. The van der Waals surface area contributed by atoms with E-state index in [0.717, 1.165) is 32.7 Å². The maximum Gasteiger partial charge on any atom is 0.248 e. The van der Waals surface area contributed by atoms with Gasteiger partial charge in [-0.3, -0.25) is 9.69 Å². The molecule has 4 nitrogen and oxygen atoms in total. The third-order valence-corrected chi connectivity index (χ3v) is 2.48. The molecule has 0 aliphatic carbocycles. The molecule has 1 fully saturated rings. The predicted molar refractivity (Wildman–Crippen MR) is 54.9 cm³/mol. The van der Waals surface area contributed by atoms with Crippen LogP contribution in [0.2, 0.25) is 0 Å². The highest BCUT2D eigenvalue weighted by Gasteiger charge is 2.20. The summed E-state index contributed by atoms with van der Waals surface area (Å²) in [5, 5.41) is 8.69. The first kappa shape index (κ1) is 11.5. The second-order valence-corrected chi connectivity index (χ2v) is 4.23. The molecule has 0 bridgehead atoms. The molecule has 0 saturated carbocycles. The molecule has 4 heteroatoms. The Bertz CT molecular complexity index is 187. The Hall–Kier alpha value is -0.610. The average Bonchev–Trinajstić information content (AvgIpc) is 2.17. The molecule has 0 aromatic rings. The number of aliphatic hydroxyl groups excluding tert-OH is 1. The van der Waals surface area contributed by atoms with Gasteiger partial charge >= 0.3 is 0 Å². The molecule has 1 N–H and O–H groups in total. The van der Waals surface area contributed by atoms with Gasteiger partial charge in [0.1, 0.15) is 6.61 Å². The van der Waals surface area contributed by atoms with Crippen molar-refractivity contribution in [1.82, 2.24) is 9.80 Å². The van der Waals surface area contributed by atoms with Crippen LogP contribution in [0.15, 0.2) is 0 Å². The average molecular weight is 200 g/mol. The Kier molecular flexibility index (Phi) is 4.35. The summed E-state index contributed by atoms with van der Waals surface area (Å²) in [6.07, 6.45) is 0. The molecule has 1 aliphatic rings. The largest absolute Gasteiger partial charge is 0.387 e. The van der Waals surface area contributed by atoms with Crippen LogP contribution in [0.5, 0.6) is 0 Å². The van der Waals surface area contributed by atoms with E-state index in [9.17, 15) is 4.79 Å². The van der Waals surface area contributed by atoms with Gasteiger partial charge in [0.05, 0.1) is 0 Å². The van der Waals surface area contributed by atoms with E-state index in [1.165, 1.54) is 0 Å². The fraction of sp³-hybridized carbons (Fsp3) is 0.900. The number of hydrogen-bond acceptors (Lipinski definition) is 3. The second-order valence-electron chi connectivity index (χ2n) is 4.23. The summed E-state index contributed by atoms with van der Waals surface area (Å²) in [5.74, 6) is 0.532. The van der Waals surface area contributed by atoms with E-state index < -0.39 is 0 Å². The van der Waals surface area contributed by atoms with Gasteiger partial charge in [0.25, 0.3) is 0 Å². The molecule has 82 valence electrons. The number of hydrogen-bond donors (Lipinski definition) is 1. The topological polar surface area (TPSA) is 43.8 Å². The lowest BCUT2D eigenvalue weighted by Crippen LogP contribution is -2.50. The summed E-state index contributed by atoms with van der Waals surface area (Å²) >= 11 is 0. The molecule has 0 spiro atoms. The molecular formula is C10H20N2O2. The van der Waals surface area contributed by atoms with Gasteiger partial charge in [-0.1, -0.05) is 13.8 Å². The normalized spacial score (nSPS) is 19.0. The van der Waals surface area contributed by atoms with Crippen LogP contribution in [0.25, 0.3) is 0 Å². The predicted octanol–water partition coefficient (Wildman–Crippen LogP) is -0.221. The minimum absolute atomic E-state index is 0.144. The van der Waals surface area contributed by atoms with Gasteiger partial charge in [-0.15, -0.1) is 0 Å². The van der Waals surface area contributed by atoms with E-state index in [1.54, 1.807) is 4.90 Å². The zero-order valence-corrected chi connectivity index (χ0v) is 9.07. The van der Waals surface area contributed by atoms with Crippen molar-refractivity contribution < 1.29 is 9.90 Å². The molecule has 0 unspecified atom stereocenters. The van der Waals surface area contributed by atoms with Crippen molar-refractivity contribution in [2.45, 2.75) is 13.8 Å². The molecule has 1 saturated heterocycles. The van der Waals surface area contributed by atoms with Crippen molar-refractivity contribution in [2.75, 3.05) is 39.3 Å². The van der Waals surface area contributed by atoms with Crippen LogP contribution in [-0.4, -0.2) is 60.1 Å². The monoisotopic (exact) mass is 200 g/mol. The minimum Gasteiger partial charge on any atom is -0.387 e. The summed E-state index contributed by atoms with van der Waals surface area (Å²) in [7, 11) is 0. The van der Waals surface area contributed by atoms with Crippen LogP contribution in [0, 0.1) is 5.92 Å². The van der Waals surface area contributed by atoms with Crippen LogP contribution in [0.1, 0.15) is 13.8 Å². The number of aliphatic hydroxyl groups is 1. The Morgan fingerprint density at radius 2 is 1.86 bits per heavy atom. The summed E-state index contributed by atoms with van der Waals surface area (Å²) < 4.78 is 0. The summed E-state index contributed by atoms with van der Waals surface area (Å²) in [6, 6.07) is 0. The number of nitrogens with zero attached hydrogens (tertiary/aromatic N) is 2. The number of piperazine rings is 1. The first-order chi connectivity index (χ1) is 6.63. The van der Waals surface area contributed by atoms with Crippen molar-refractivity contribution in [1.29, 1.82) is 0 Å². The SMILES string of the molecule is CC(C)CN1CCN(C(=O)CO)CC1. The van der Waals surface area contributed by atoms with E-state index in [1.807, 2.05) is 0 Å². The lowest BCUT2D eigenvalue weighted by atomic mass is 10.2. The zero-order valence-electron chi connectivity index (χ0n) is 9.07. The minimum atomic E-state index is -0.357. The third kappa shape index (κ3) is 3.27. The van der Waals surface area contributed by atoms with Gasteiger partial charge in [0.15, 0.2) is 0 Å². The maximum absolute atomic E-state index is 11.2. The number of amides is 1. The second kappa shape index (κ2) is 5.32. The van der Waals surface area contributed by atoms with Crippen LogP contribution in [0.4, 0.5) is 0 Å². The van der Waals surface area contributed by atoms with Crippen molar-refractivity contribution in [2.24, 2.45) is 5.92 Å². The van der Waals surface area contributed by atoms with Gasteiger partial charge in [-0.05, 0) is 5.92 Å². The molecular weight excluding hydrogens is 180 g/mol. The molecule has 14 heavy (non-hydrogen) atoms. The lowest BCUT2D eigenvalue weighted by molar-refractivity contribution is -0.135. The van der Waals surface area contributed by atoms with Crippen molar-refractivity contribution >= 4 is 5.91 Å². The Labute approximate surface area is 85.5 Å². The van der Waals surface area contributed by atoms with E-state index in [0.29, 0.717) is 5.92 Å². The van der Waals surface area contributed by atoms with Crippen molar-refractivity contribution in [3.8, 4) is 0 Å². The quantitative estimate of drug-likeness (QED) is 0.685. The molecule has 0 radical (unpaired) electrons. The van der Waals surface area contributed by atoms with Crippen LogP contribution < -0.4 is 0 Å². The van der Waals surface area contributed by atoms with Crippen LogP contribution in [0.3, 0.4) is 0 Å². The summed E-state index contributed by atoms with van der Waals surface area (Å²) in [5.41, 5.74) is 0. The van der Waals surface area contributed by atoms with Crippen molar-refractivity contribution in [3.63, 3.8) is 0 Å². The zero-order chi connectivity index (χ0) is 10.6. The summed E-state index contributed by atoms with van der Waals surface area (Å²) in [4.78, 5) is 15.3. The number of carbonyl (C=O) groups is 1. The molecule has 0 atom stereocenters. The number of rotatable bonds is 3.